The lowest BCUT2D eigenvalue weighted by molar-refractivity contribution is -0.962. The SMILES string of the molecule is CCC[NH+]1CCC([NH+]2CCC[C@H](C(=O)N3CCCCCC3)C2)CC1. The molecule has 3 saturated heterocycles. The third kappa shape index (κ3) is 4.72. The summed E-state index contributed by atoms with van der Waals surface area (Å²) < 4.78 is 0. The van der Waals surface area contributed by atoms with Crippen molar-refractivity contribution < 1.29 is 14.6 Å². The number of piperidine rings is 2. The summed E-state index contributed by atoms with van der Waals surface area (Å²) >= 11 is 0. The number of carbonyl (C=O) groups excluding carboxylic acids is 1. The maximum Gasteiger partial charge on any atom is 0.231 e. The molecule has 0 aliphatic carbocycles. The predicted octanol–water partition coefficient (Wildman–Crippen LogP) is 0.141. The van der Waals surface area contributed by atoms with Gasteiger partial charge in [0.25, 0.3) is 0 Å². The van der Waals surface area contributed by atoms with Gasteiger partial charge in [0.1, 0.15) is 0 Å². The minimum absolute atomic E-state index is 0.313. The van der Waals surface area contributed by atoms with Gasteiger partial charge in [0.15, 0.2) is 0 Å². The fraction of sp³-hybridized carbons (Fsp3) is 0.950. The van der Waals surface area contributed by atoms with Crippen LogP contribution >= 0.6 is 0 Å². The lowest BCUT2D eigenvalue weighted by atomic mass is 9.92. The third-order valence-corrected chi connectivity index (χ3v) is 6.70. The van der Waals surface area contributed by atoms with Crippen LogP contribution in [0.1, 0.15) is 64.7 Å². The van der Waals surface area contributed by atoms with Gasteiger partial charge < -0.3 is 14.7 Å². The van der Waals surface area contributed by atoms with Crippen molar-refractivity contribution in [3.63, 3.8) is 0 Å². The van der Waals surface area contributed by atoms with E-state index in [1.165, 1.54) is 77.5 Å². The number of likely N-dealkylation sites (tertiary alicyclic amines) is 3. The van der Waals surface area contributed by atoms with E-state index in [9.17, 15) is 4.79 Å². The number of amides is 1. The minimum atomic E-state index is 0.313. The molecule has 4 nitrogen and oxygen atoms in total. The Morgan fingerprint density at radius 2 is 1.67 bits per heavy atom. The van der Waals surface area contributed by atoms with Crippen molar-refractivity contribution in [1.29, 1.82) is 0 Å². The van der Waals surface area contributed by atoms with E-state index in [1.54, 1.807) is 4.90 Å². The van der Waals surface area contributed by atoms with Gasteiger partial charge in [0, 0.05) is 25.9 Å². The highest BCUT2D eigenvalue weighted by Gasteiger charge is 2.37. The molecule has 0 aromatic heterocycles. The fourth-order valence-electron chi connectivity index (χ4n) is 5.26. The fourth-order valence-corrected chi connectivity index (χ4v) is 5.26. The van der Waals surface area contributed by atoms with Crippen LogP contribution in [0.2, 0.25) is 0 Å². The Bertz CT molecular complexity index is 384. The molecule has 0 aromatic carbocycles. The maximum atomic E-state index is 13.0. The standard InChI is InChI=1S/C20H37N3O/c1-2-11-21-15-9-19(10-16-21)23-14-7-8-18(17-23)20(24)22-12-5-3-4-6-13-22/h18-19H,2-17H2,1H3/p+2/t18-/m0/s1. The summed E-state index contributed by atoms with van der Waals surface area (Å²) in [5.74, 6) is 0.802. The van der Waals surface area contributed by atoms with Gasteiger partial charge in [-0.05, 0) is 32.1 Å². The lowest BCUT2D eigenvalue weighted by Crippen LogP contribution is -3.21. The Labute approximate surface area is 148 Å². The molecule has 3 aliphatic rings. The van der Waals surface area contributed by atoms with E-state index in [2.05, 4.69) is 11.8 Å². The molecule has 0 aromatic rings. The van der Waals surface area contributed by atoms with E-state index in [0.717, 1.165) is 32.1 Å². The molecule has 2 atom stereocenters. The second kappa shape index (κ2) is 9.19. The van der Waals surface area contributed by atoms with Crippen LogP contribution in [0.25, 0.3) is 0 Å². The van der Waals surface area contributed by atoms with Crippen molar-refractivity contribution >= 4 is 5.91 Å². The molecule has 3 rings (SSSR count). The highest BCUT2D eigenvalue weighted by atomic mass is 16.2. The van der Waals surface area contributed by atoms with E-state index in [4.69, 9.17) is 0 Å². The Balaban J connectivity index is 1.50. The van der Waals surface area contributed by atoms with Gasteiger partial charge in [-0.2, -0.15) is 0 Å². The number of rotatable bonds is 4. The van der Waals surface area contributed by atoms with Crippen LogP contribution in [-0.4, -0.2) is 62.7 Å². The van der Waals surface area contributed by atoms with E-state index in [-0.39, 0.29) is 0 Å². The summed E-state index contributed by atoms with van der Waals surface area (Å²) in [5.41, 5.74) is 0. The normalized spacial score (nSPS) is 35.5. The summed E-state index contributed by atoms with van der Waals surface area (Å²) in [5, 5.41) is 0. The summed E-state index contributed by atoms with van der Waals surface area (Å²) in [4.78, 5) is 18.7. The second-order valence-electron chi connectivity index (χ2n) is 8.47. The monoisotopic (exact) mass is 337 g/mol. The van der Waals surface area contributed by atoms with Crippen molar-refractivity contribution in [2.24, 2.45) is 5.92 Å². The molecule has 1 unspecified atom stereocenters. The number of quaternary nitrogens is 2. The summed E-state index contributed by atoms with van der Waals surface area (Å²) in [7, 11) is 0. The largest absolute Gasteiger partial charge is 0.342 e. The molecule has 0 saturated carbocycles. The summed E-state index contributed by atoms with van der Waals surface area (Å²) in [6.45, 7) is 10.8. The first-order chi connectivity index (χ1) is 11.8. The van der Waals surface area contributed by atoms with E-state index in [0.29, 0.717) is 11.8 Å². The van der Waals surface area contributed by atoms with Crippen LogP contribution in [0.3, 0.4) is 0 Å². The van der Waals surface area contributed by atoms with Crippen LogP contribution in [0.5, 0.6) is 0 Å². The van der Waals surface area contributed by atoms with E-state index in [1.807, 2.05) is 4.90 Å². The smallest absolute Gasteiger partial charge is 0.231 e. The van der Waals surface area contributed by atoms with Crippen molar-refractivity contribution in [2.45, 2.75) is 70.8 Å². The molecule has 0 spiro atoms. The van der Waals surface area contributed by atoms with Crippen molar-refractivity contribution in [3.8, 4) is 0 Å². The zero-order chi connectivity index (χ0) is 16.8. The first-order valence-electron chi connectivity index (χ1n) is 10.7. The van der Waals surface area contributed by atoms with Gasteiger partial charge in [0.2, 0.25) is 5.91 Å². The zero-order valence-electron chi connectivity index (χ0n) is 15.8. The number of nitrogens with zero attached hydrogens (tertiary/aromatic N) is 1. The quantitative estimate of drug-likeness (QED) is 0.751. The molecule has 138 valence electrons. The highest BCUT2D eigenvalue weighted by molar-refractivity contribution is 5.79. The van der Waals surface area contributed by atoms with Gasteiger partial charge in [-0.3, -0.25) is 4.79 Å². The lowest BCUT2D eigenvalue weighted by Gasteiger charge is -2.39. The third-order valence-electron chi connectivity index (χ3n) is 6.70. The van der Waals surface area contributed by atoms with Crippen LogP contribution in [-0.2, 0) is 4.79 Å². The zero-order valence-corrected chi connectivity index (χ0v) is 15.8. The van der Waals surface area contributed by atoms with Gasteiger partial charge in [-0.25, -0.2) is 0 Å². The predicted molar refractivity (Wildman–Crippen MR) is 97.3 cm³/mol. The van der Waals surface area contributed by atoms with Crippen LogP contribution < -0.4 is 9.80 Å². The van der Waals surface area contributed by atoms with Crippen molar-refractivity contribution in [1.82, 2.24) is 4.90 Å². The van der Waals surface area contributed by atoms with Crippen LogP contribution in [0, 0.1) is 5.92 Å². The Morgan fingerprint density at radius 3 is 2.33 bits per heavy atom. The second-order valence-corrected chi connectivity index (χ2v) is 8.47. The van der Waals surface area contributed by atoms with Crippen molar-refractivity contribution in [2.75, 3.05) is 45.8 Å². The number of carbonyl (C=O) groups is 1. The molecule has 1 amide bonds. The van der Waals surface area contributed by atoms with Crippen LogP contribution in [0.4, 0.5) is 0 Å². The molecule has 3 fully saturated rings. The van der Waals surface area contributed by atoms with Crippen molar-refractivity contribution in [3.05, 3.63) is 0 Å². The van der Waals surface area contributed by atoms with Gasteiger partial charge in [0.05, 0.1) is 44.7 Å². The summed E-state index contributed by atoms with van der Waals surface area (Å²) in [6.07, 6.45) is 11.5. The average Bonchev–Trinajstić information content (AvgIpc) is 2.91. The number of hydrogen-bond donors (Lipinski definition) is 2. The topological polar surface area (TPSA) is 29.2 Å². The van der Waals surface area contributed by atoms with Gasteiger partial charge in [-0.15, -0.1) is 0 Å². The van der Waals surface area contributed by atoms with Gasteiger partial charge in [-0.1, -0.05) is 19.8 Å². The molecule has 4 heteroatoms. The molecule has 3 heterocycles. The Kier molecular flexibility index (Phi) is 6.96. The first-order valence-corrected chi connectivity index (χ1v) is 10.7. The van der Waals surface area contributed by atoms with E-state index >= 15 is 0 Å². The molecular weight excluding hydrogens is 298 g/mol. The first kappa shape index (κ1) is 18.2. The maximum absolute atomic E-state index is 13.0. The molecule has 0 bridgehead atoms. The highest BCUT2D eigenvalue weighted by Crippen LogP contribution is 2.17. The minimum Gasteiger partial charge on any atom is -0.342 e. The molecule has 24 heavy (non-hydrogen) atoms. The summed E-state index contributed by atoms with van der Waals surface area (Å²) in [6, 6.07) is 0.824. The molecule has 3 aliphatic heterocycles. The Hall–Kier alpha value is -0.610. The average molecular weight is 338 g/mol. The molecule has 2 N–H and O–H groups in total. The van der Waals surface area contributed by atoms with Crippen LogP contribution in [0.15, 0.2) is 0 Å². The van der Waals surface area contributed by atoms with Gasteiger partial charge >= 0.3 is 0 Å². The molecular formula is C20H39N3O+2. The number of hydrogen-bond acceptors (Lipinski definition) is 1. The number of nitrogens with one attached hydrogen (secondary N) is 2. The molecule has 0 radical (unpaired) electrons. The Morgan fingerprint density at radius 1 is 0.958 bits per heavy atom. The van der Waals surface area contributed by atoms with E-state index < -0.39 is 0 Å².